The summed E-state index contributed by atoms with van der Waals surface area (Å²) in [6.07, 6.45) is -2.57. The number of amides is 1. The van der Waals surface area contributed by atoms with Crippen LogP contribution in [0.4, 0.5) is 14.5 Å². The number of alkyl halides is 2. The van der Waals surface area contributed by atoms with Crippen LogP contribution < -0.4 is 10.5 Å². The third kappa shape index (κ3) is 3.30. The summed E-state index contributed by atoms with van der Waals surface area (Å²) in [7, 11) is 2.70. The van der Waals surface area contributed by atoms with E-state index in [0.29, 0.717) is 5.69 Å². The highest BCUT2D eigenvalue weighted by Gasteiger charge is 2.19. The minimum atomic E-state index is -2.57. The molecule has 0 spiro atoms. The van der Waals surface area contributed by atoms with E-state index >= 15 is 0 Å². The molecule has 0 aliphatic heterocycles. The Hall–Kier alpha value is -1.85. The molecule has 2 N–H and O–H groups in total. The molecular weight excluding hydrogens is 230 g/mol. The van der Waals surface area contributed by atoms with Crippen LogP contribution in [0.1, 0.15) is 10.4 Å². The molecule has 1 rings (SSSR count). The lowest BCUT2D eigenvalue weighted by molar-refractivity contribution is 0.0617. The molecule has 6 heteroatoms. The van der Waals surface area contributed by atoms with Gasteiger partial charge < -0.3 is 15.4 Å². The first-order valence-electron chi connectivity index (χ1n) is 4.92. The van der Waals surface area contributed by atoms with E-state index < -0.39 is 18.9 Å². The third-order valence-electron chi connectivity index (χ3n) is 2.21. The quantitative estimate of drug-likeness (QED) is 0.819. The number of rotatable bonds is 4. The first-order chi connectivity index (χ1) is 7.95. The fraction of sp³-hybridized carbons (Fsp3) is 0.364. The van der Waals surface area contributed by atoms with Crippen molar-refractivity contribution in [3.8, 4) is 5.75 Å². The standard InChI is InChI=1S/C11H14F2N2O2/c1-15(6-10(12)13)11(16)8-4-3-7(14)5-9(8)17-2/h3-5,10H,6,14H2,1-2H3. The summed E-state index contributed by atoms with van der Waals surface area (Å²) in [6, 6.07) is 4.45. The highest BCUT2D eigenvalue weighted by molar-refractivity contribution is 5.97. The molecule has 94 valence electrons. The van der Waals surface area contributed by atoms with Gasteiger partial charge in [-0.2, -0.15) is 0 Å². The molecule has 0 radical (unpaired) electrons. The lowest BCUT2D eigenvalue weighted by Crippen LogP contribution is -2.31. The van der Waals surface area contributed by atoms with Crippen LogP contribution in [-0.2, 0) is 0 Å². The zero-order chi connectivity index (χ0) is 13.0. The second-order valence-electron chi connectivity index (χ2n) is 3.54. The molecule has 1 aromatic carbocycles. The smallest absolute Gasteiger partial charge is 0.257 e. The van der Waals surface area contributed by atoms with Gasteiger partial charge in [0.05, 0.1) is 19.2 Å². The fourth-order valence-electron chi connectivity index (χ4n) is 1.38. The van der Waals surface area contributed by atoms with E-state index in [2.05, 4.69) is 0 Å². The molecule has 4 nitrogen and oxygen atoms in total. The van der Waals surface area contributed by atoms with E-state index in [-0.39, 0.29) is 11.3 Å². The van der Waals surface area contributed by atoms with Crippen LogP contribution in [0.3, 0.4) is 0 Å². The van der Waals surface area contributed by atoms with Crippen molar-refractivity contribution in [3.05, 3.63) is 23.8 Å². The number of anilines is 1. The van der Waals surface area contributed by atoms with Crippen molar-refractivity contribution in [2.45, 2.75) is 6.43 Å². The summed E-state index contributed by atoms with van der Waals surface area (Å²) in [4.78, 5) is 12.8. The van der Waals surface area contributed by atoms with Crippen molar-refractivity contribution < 1.29 is 18.3 Å². The summed E-state index contributed by atoms with van der Waals surface area (Å²) in [5.41, 5.74) is 6.19. The van der Waals surface area contributed by atoms with E-state index in [1.807, 2.05) is 0 Å². The predicted molar refractivity (Wildman–Crippen MR) is 60.4 cm³/mol. The Balaban J connectivity index is 2.95. The Kier molecular flexibility index (Phi) is 4.25. The van der Waals surface area contributed by atoms with E-state index in [1.165, 1.54) is 32.4 Å². The van der Waals surface area contributed by atoms with Gasteiger partial charge in [-0.25, -0.2) is 8.78 Å². The zero-order valence-electron chi connectivity index (χ0n) is 9.61. The minimum absolute atomic E-state index is 0.213. The van der Waals surface area contributed by atoms with Crippen molar-refractivity contribution in [3.63, 3.8) is 0 Å². The van der Waals surface area contributed by atoms with Crippen LogP contribution in [0.15, 0.2) is 18.2 Å². The van der Waals surface area contributed by atoms with Gasteiger partial charge in [-0.3, -0.25) is 4.79 Å². The fourth-order valence-corrected chi connectivity index (χ4v) is 1.38. The highest BCUT2D eigenvalue weighted by Crippen LogP contribution is 2.22. The van der Waals surface area contributed by atoms with Crippen LogP contribution in [0.2, 0.25) is 0 Å². The van der Waals surface area contributed by atoms with Gasteiger partial charge >= 0.3 is 0 Å². The van der Waals surface area contributed by atoms with E-state index in [4.69, 9.17) is 10.5 Å². The summed E-state index contributed by atoms with van der Waals surface area (Å²) in [5, 5.41) is 0. The van der Waals surface area contributed by atoms with Crippen molar-refractivity contribution in [1.82, 2.24) is 4.90 Å². The third-order valence-corrected chi connectivity index (χ3v) is 2.21. The number of nitrogens with two attached hydrogens (primary N) is 1. The molecule has 0 saturated carbocycles. The second-order valence-corrected chi connectivity index (χ2v) is 3.54. The van der Waals surface area contributed by atoms with Crippen LogP contribution in [0.5, 0.6) is 5.75 Å². The average molecular weight is 244 g/mol. The molecule has 0 aromatic heterocycles. The number of nitrogens with zero attached hydrogens (tertiary/aromatic N) is 1. The highest BCUT2D eigenvalue weighted by atomic mass is 19.3. The minimum Gasteiger partial charge on any atom is -0.496 e. The van der Waals surface area contributed by atoms with Gasteiger partial charge in [-0.05, 0) is 12.1 Å². The Bertz CT molecular complexity index is 410. The summed E-state index contributed by atoms with van der Waals surface area (Å²) in [5.74, 6) is -0.252. The van der Waals surface area contributed by atoms with Crippen molar-refractivity contribution in [1.29, 1.82) is 0 Å². The van der Waals surface area contributed by atoms with Gasteiger partial charge in [0.2, 0.25) is 0 Å². The van der Waals surface area contributed by atoms with Crippen LogP contribution >= 0.6 is 0 Å². The largest absolute Gasteiger partial charge is 0.496 e. The van der Waals surface area contributed by atoms with E-state index in [9.17, 15) is 13.6 Å². The number of carbonyl (C=O) groups excluding carboxylic acids is 1. The molecule has 0 aliphatic rings. The van der Waals surface area contributed by atoms with Crippen LogP contribution in [0, 0.1) is 0 Å². The first kappa shape index (κ1) is 13.2. The molecule has 0 heterocycles. The number of hydrogen-bond acceptors (Lipinski definition) is 3. The van der Waals surface area contributed by atoms with E-state index in [0.717, 1.165) is 4.90 Å². The topological polar surface area (TPSA) is 55.6 Å². The number of carbonyl (C=O) groups is 1. The van der Waals surface area contributed by atoms with Crippen LogP contribution in [-0.4, -0.2) is 37.9 Å². The van der Waals surface area contributed by atoms with Gasteiger partial charge in [0.25, 0.3) is 12.3 Å². The maximum absolute atomic E-state index is 12.2. The lowest BCUT2D eigenvalue weighted by atomic mass is 10.1. The SMILES string of the molecule is COc1cc(N)ccc1C(=O)N(C)CC(F)F. The molecule has 0 aliphatic carbocycles. The molecule has 1 aromatic rings. The molecule has 0 atom stereocenters. The predicted octanol–water partition coefficient (Wildman–Crippen LogP) is 1.61. The van der Waals surface area contributed by atoms with Gasteiger partial charge in [0.15, 0.2) is 0 Å². The van der Waals surface area contributed by atoms with Crippen LogP contribution in [0.25, 0.3) is 0 Å². The Morgan fingerprint density at radius 3 is 2.71 bits per heavy atom. The summed E-state index contributed by atoms with van der Waals surface area (Å²) in [6.45, 7) is -0.619. The zero-order valence-corrected chi connectivity index (χ0v) is 9.61. The maximum atomic E-state index is 12.2. The molecule has 0 bridgehead atoms. The van der Waals surface area contributed by atoms with Gasteiger partial charge in [-0.15, -0.1) is 0 Å². The van der Waals surface area contributed by atoms with Gasteiger partial charge in [0.1, 0.15) is 5.75 Å². The monoisotopic (exact) mass is 244 g/mol. The first-order valence-corrected chi connectivity index (χ1v) is 4.92. The number of nitrogen functional groups attached to an aromatic ring is 1. The van der Waals surface area contributed by atoms with E-state index in [1.54, 1.807) is 0 Å². The van der Waals surface area contributed by atoms with Crippen molar-refractivity contribution in [2.24, 2.45) is 0 Å². The number of ether oxygens (including phenoxy) is 1. The number of benzene rings is 1. The van der Waals surface area contributed by atoms with Crippen molar-refractivity contribution >= 4 is 11.6 Å². The Labute approximate surface area is 98.0 Å². The maximum Gasteiger partial charge on any atom is 0.257 e. The van der Waals surface area contributed by atoms with Gasteiger partial charge in [-0.1, -0.05) is 0 Å². The Morgan fingerprint density at radius 2 is 2.18 bits per heavy atom. The Morgan fingerprint density at radius 1 is 1.53 bits per heavy atom. The number of halogens is 2. The lowest BCUT2D eigenvalue weighted by Gasteiger charge is -2.18. The molecule has 0 saturated heterocycles. The second kappa shape index (κ2) is 5.47. The molecule has 17 heavy (non-hydrogen) atoms. The number of hydrogen-bond donors (Lipinski definition) is 1. The molecule has 0 unspecified atom stereocenters. The summed E-state index contributed by atoms with van der Waals surface area (Å²) >= 11 is 0. The van der Waals surface area contributed by atoms with Crippen molar-refractivity contribution in [2.75, 3.05) is 26.4 Å². The number of methoxy groups -OCH3 is 1. The molecule has 1 amide bonds. The molecule has 0 fully saturated rings. The normalized spacial score (nSPS) is 10.4. The summed E-state index contributed by atoms with van der Waals surface area (Å²) < 4.78 is 29.3. The molecular formula is C11H14F2N2O2. The average Bonchev–Trinajstić information content (AvgIpc) is 2.27. The van der Waals surface area contributed by atoms with Gasteiger partial charge in [0, 0.05) is 18.8 Å².